The average Bonchev–Trinajstić information content (AvgIpc) is 3.02. The minimum absolute atomic E-state index is 0.155. The highest BCUT2D eigenvalue weighted by atomic mass is 19.4. The number of amides is 2. The van der Waals surface area contributed by atoms with Crippen molar-refractivity contribution < 1.29 is 27.2 Å². The smallest absolute Gasteiger partial charge is 0.467 e. The minimum atomic E-state index is -4.93. The maximum Gasteiger partial charge on any atom is 0.471 e. The lowest BCUT2D eigenvalue weighted by Gasteiger charge is -2.19. The molecule has 1 heterocycles. The summed E-state index contributed by atoms with van der Waals surface area (Å²) in [5.41, 5.74) is 6.49. The van der Waals surface area contributed by atoms with Gasteiger partial charge in [-0.1, -0.05) is 12.1 Å². The normalized spacial score (nSPS) is 11.2. The number of nitrogens with zero attached hydrogens (tertiary/aromatic N) is 1. The Morgan fingerprint density at radius 1 is 1.28 bits per heavy atom. The van der Waals surface area contributed by atoms with Crippen LogP contribution in [0, 0.1) is 0 Å². The van der Waals surface area contributed by atoms with Crippen LogP contribution >= 0.6 is 0 Å². The monoisotopic (exact) mass is 355 g/mol. The SMILES string of the molecule is CN(Cc1cccc(NC(=O)c2coc(CN)c2)c1)C(=O)C(F)(F)F. The molecular weight excluding hydrogens is 339 g/mol. The van der Waals surface area contributed by atoms with Crippen LogP contribution in [-0.2, 0) is 17.9 Å². The Kier molecular flexibility index (Phi) is 5.48. The largest absolute Gasteiger partial charge is 0.471 e. The average molecular weight is 355 g/mol. The van der Waals surface area contributed by atoms with E-state index in [0.29, 0.717) is 21.9 Å². The van der Waals surface area contributed by atoms with Crippen LogP contribution in [0.25, 0.3) is 0 Å². The molecule has 0 fully saturated rings. The molecule has 134 valence electrons. The lowest BCUT2D eigenvalue weighted by Crippen LogP contribution is -2.37. The van der Waals surface area contributed by atoms with Gasteiger partial charge in [0, 0.05) is 19.3 Å². The van der Waals surface area contributed by atoms with Crippen molar-refractivity contribution in [3.05, 3.63) is 53.5 Å². The molecule has 0 atom stereocenters. The van der Waals surface area contributed by atoms with E-state index in [1.165, 1.54) is 18.4 Å². The summed E-state index contributed by atoms with van der Waals surface area (Å²) in [4.78, 5) is 23.8. The molecule has 0 unspecified atom stereocenters. The van der Waals surface area contributed by atoms with Gasteiger partial charge in [0.25, 0.3) is 5.91 Å². The van der Waals surface area contributed by atoms with E-state index < -0.39 is 18.0 Å². The number of hydrogen-bond acceptors (Lipinski definition) is 4. The third kappa shape index (κ3) is 4.83. The molecule has 25 heavy (non-hydrogen) atoms. The summed E-state index contributed by atoms with van der Waals surface area (Å²) < 4.78 is 42.3. The van der Waals surface area contributed by atoms with E-state index in [4.69, 9.17) is 10.2 Å². The molecule has 0 saturated carbocycles. The molecule has 0 bridgehead atoms. The highest BCUT2D eigenvalue weighted by molar-refractivity contribution is 6.04. The summed E-state index contributed by atoms with van der Waals surface area (Å²) in [5, 5.41) is 2.60. The Morgan fingerprint density at radius 3 is 2.60 bits per heavy atom. The Morgan fingerprint density at radius 2 is 2.00 bits per heavy atom. The predicted molar refractivity (Wildman–Crippen MR) is 83.5 cm³/mol. The number of benzene rings is 1. The summed E-state index contributed by atoms with van der Waals surface area (Å²) >= 11 is 0. The molecule has 0 aliphatic heterocycles. The van der Waals surface area contributed by atoms with Gasteiger partial charge in [0.05, 0.1) is 12.1 Å². The topological polar surface area (TPSA) is 88.6 Å². The molecule has 3 N–H and O–H groups in total. The number of hydrogen-bond donors (Lipinski definition) is 2. The van der Waals surface area contributed by atoms with E-state index in [1.54, 1.807) is 18.2 Å². The van der Waals surface area contributed by atoms with Crippen LogP contribution in [-0.4, -0.2) is 29.9 Å². The van der Waals surface area contributed by atoms with E-state index in [0.717, 1.165) is 7.05 Å². The van der Waals surface area contributed by atoms with Gasteiger partial charge in [0.15, 0.2) is 0 Å². The van der Waals surface area contributed by atoms with Crippen molar-refractivity contribution in [2.24, 2.45) is 5.73 Å². The molecule has 1 aromatic heterocycles. The number of halogens is 3. The first kappa shape index (κ1) is 18.5. The molecular formula is C16H16F3N3O3. The fourth-order valence-corrected chi connectivity index (χ4v) is 2.12. The zero-order valence-corrected chi connectivity index (χ0v) is 13.3. The van der Waals surface area contributed by atoms with E-state index in [-0.39, 0.29) is 18.7 Å². The van der Waals surface area contributed by atoms with Crippen molar-refractivity contribution in [1.82, 2.24) is 4.90 Å². The first-order valence-corrected chi connectivity index (χ1v) is 7.20. The fraction of sp³-hybridized carbons (Fsp3) is 0.250. The minimum Gasteiger partial charge on any atom is -0.467 e. The van der Waals surface area contributed by atoms with Crippen molar-refractivity contribution in [3.63, 3.8) is 0 Å². The number of anilines is 1. The van der Waals surface area contributed by atoms with Crippen LogP contribution in [0.2, 0.25) is 0 Å². The van der Waals surface area contributed by atoms with Gasteiger partial charge in [-0.3, -0.25) is 9.59 Å². The highest BCUT2D eigenvalue weighted by Gasteiger charge is 2.41. The van der Waals surface area contributed by atoms with Gasteiger partial charge in [-0.25, -0.2) is 0 Å². The molecule has 0 aliphatic rings. The van der Waals surface area contributed by atoms with E-state index in [9.17, 15) is 22.8 Å². The molecule has 0 saturated heterocycles. The maximum atomic E-state index is 12.4. The Labute approximate surface area is 141 Å². The second-order valence-electron chi connectivity index (χ2n) is 5.32. The van der Waals surface area contributed by atoms with E-state index >= 15 is 0 Å². The zero-order valence-electron chi connectivity index (χ0n) is 13.3. The lowest BCUT2D eigenvalue weighted by molar-refractivity contribution is -0.184. The molecule has 9 heteroatoms. The van der Waals surface area contributed by atoms with Gasteiger partial charge in [-0.2, -0.15) is 13.2 Å². The second kappa shape index (κ2) is 7.39. The number of nitrogens with two attached hydrogens (primary N) is 1. The van der Waals surface area contributed by atoms with E-state index in [2.05, 4.69) is 5.32 Å². The van der Waals surface area contributed by atoms with Crippen molar-refractivity contribution in [2.75, 3.05) is 12.4 Å². The van der Waals surface area contributed by atoms with Crippen molar-refractivity contribution in [1.29, 1.82) is 0 Å². The summed E-state index contributed by atoms with van der Waals surface area (Å²) in [5.74, 6) is -1.93. The van der Waals surface area contributed by atoms with Crippen LogP contribution in [0.5, 0.6) is 0 Å². The first-order chi connectivity index (χ1) is 11.7. The number of nitrogens with one attached hydrogen (secondary N) is 1. The number of furan rings is 1. The molecule has 6 nitrogen and oxygen atoms in total. The number of alkyl halides is 3. The second-order valence-corrected chi connectivity index (χ2v) is 5.32. The third-order valence-electron chi connectivity index (χ3n) is 3.31. The summed E-state index contributed by atoms with van der Waals surface area (Å²) in [6.07, 6.45) is -3.67. The molecule has 1 aromatic carbocycles. The molecule has 2 rings (SSSR count). The van der Waals surface area contributed by atoms with Gasteiger partial charge < -0.3 is 20.4 Å². The van der Waals surface area contributed by atoms with Gasteiger partial charge in [-0.15, -0.1) is 0 Å². The standard InChI is InChI=1S/C16H16F3N3O3/c1-22(15(24)16(17,18)19)8-10-3-2-4-12(5-10)21-14(23)11-6-13(7-20)25-9-11/h2-6,9H,7-8,20H2,1H3,(H,21,23). The van der Waals surface area contributed by atoms with Crippen molar-refractivity contribution >= 4 is 17.5 Å². The summed E-state index contributed by atoms with van der Waals surface area (Å²) in [6.45, 7) is -0.0899. The Bertz CT molecular complexity index is 771. The number of rotatable bonds is 5. The predicted octanol–water partition coefficient (Wildman–Crippen LogP) is 2.51. The van der Waals surface area contributed by atoms with E-state index in [1.807, 2.05) is 0 Å². The highest BCUT2D eigenvalue weighted by Crippen LogP contribution is 2.20. The summed E-state index contributed by atoms with van der Waals surface area (Å²) in [7, 11) is 1.06. The maximum absolute atomic E-state index is 12.4. The molecule has 0 spiro atoms. The summed E-state index contributed by atoms with van der Waals surface area (Å²) in [6, 6.07) is 7.69. The van der Waals surface area contributed by atoms with Gasteiger partial charge in [0.1, 0.15) is 12.0 Å². The van der Waals surface area contributed by atoms with Crippen molar-refractivity contribution in [2.45, 2.75) is 19.3 Å². The molecule has 0 aliphatic carbocycles. The van der Waals surface area contributed by atoms with Crippen LogP contribution < -0.4 is 11.1 Å². The number of carbonyl (C=O) groups is 2. The van der Waals surface area contributed by atoms with Crippen molar-refractivity contribution in [3.8, 4) is 0 Å². The van der Waals surface area contributed by atoms with Crippen LogP contribution in [0.1, 0.15) is 21.7 Å². The van der Waals surface area contributed by atoms with Gasteiger partial charge >= 0.3 is 12.1 Å². The van der Waals surface area contributed by atoms with Crippen LogP contribution in [0.4, 0.5) is 18.9 Å². The van der Waals surface area contributed by atoms with Crippen LogP contribution in [0.15, 0.2) is 41.0 Å². The van der Waals surface area contributed by atoms with Crippen LogP contribution in [0.3, 0.4) is 0 Å². The number of carbonyl (C=O) groups excluding carboxylic acids is 2. The Hall–Kier alpha value is -2.81. The molecule has 0 radical (unpaired) electrons. The lowest BCUT2D eigenvalue weighted by atomic mass is 10.2. The molecule has 2 aromatic rings. The van der Waals surface area contributed by atoms with Gasteiger partial charge in [0.2, 0.25) is 0 Å². The fourth-order valence-electron chi connectivity index (χ4n) is 2.12. The molecule has 2 amide bonds. The van der Waals surface area contributed by atoms with Gasteiger partial charge in [-0.05, 0) is 23.8 Å². The Balaban J connectivity index is 2.05. The quantitative estimate of drug-likeness (QED) is 0.863. The third-order valence-corrected chi connectivity index (χ3v) is 3.31. The zero-order chi connectivity index (χ0) is 18.6. The first-order valence-electron chi connectivity index (χ1n) is 7.20.